The highest BCUT2D eigenvalue weighted by Crippen LogP contribution is 2.36. The number of carbonyl (C=O) groups is 1. The summed E-state index contributed by atoms with van der Waals surface area (Å²) in [5.74, 6) is 0.839. The first-order chi connectivity index (χ1) is 16.9. The van der Waals surface area contributed by atoms with Gasteiger partial charge in [-0.25, -0.2) is 4.99 Å². The zero-order valence-corrected chi connectivity index (χ0v) is 21.0. The van der Waals surface area contributed by atoms with Crippen molar-refractivity contribution in [2.75, 3.05) is 6.54 Å². The van der Waals surface area contributed by atoms with E-state index in [-0.39, 0.29) is 18.4 Å². The van der Waals surface area contributed by atoms with Crippen LogP contribution in [0.2, 0.25) is 5.02 Å². The van der Waals surface area contributed by atoms with E-state index in [1.807, 2.05) is 60.7 Å². The summed E-state index contributed by atoms with van der Waals surface area (Å²) in [5, 5.41) is 10.6. The van der Waals surface area contributed by atoms with E-state index in [4.69, 9.17) is 21.3 Å². The van der Waals surface area contributed by atoms with Gasteiger partial charge < -0.3 is 4.74 Å². The molecule has 176 valence electrons. The number of hydrogen-bond donors (Lipinski definition) is 0. The summed E-state index contributed by atoms with van der Waals surface area (Å²) in [5.41, 5.74) is 2.91. The van der Waals surface area contributed by atoms with Crippen LogP contribution in [-0.2, 0) is 11.4 Å². The minimum atomic E-state index is -0.0824. The molecule has 7 heteroatoms. The lowest BCUT2D eigenvalue weighted by atomic mass is 10.1. The Morgan fingerprint density at radius 1 is 1.09 bits per heavy atom. The molecule has 5 nitrogen and oxygen atoms in total. The van der Waals surface area contributed by atoms with Gasteiger partial charge in [-0.2, -0.15) is 5.26 Å². The first-order valence-electron chi connectivity index (χ1n) is 11.2. The van der Waals surface area contributed by atoms with Gasteiger partial charge in [-0.15, -0.1) is 0 Å². The Hall–Kier alpha value is -3.53. The van der Waals surface area contributed by atoms with Crippen LogP contribution in [0.1, 0.15) is 30.5 Å². The molecule has 1 aliphatic rings. The maximum Gasteiger partial charge on any atom is 0.266 e. The van der Waals surface area contributed by atoms with E-state index in [2.05, 4.69) is 19.9 Å². The number of nitrogens with zero attached hydrogens (tertiary/aromatic N) is 3. The Balaban J connectivity index is 1.62. The molecule has 0 saturated carbocycles. The van der Waals surface area contributed by atoms with Crippen molar-refractivity contribution in [1.82, 2.24) is 4.90 Å². The smallest absolute Gasteiger partial charge is 0.266 e. The molecule has 0 bridgehead atoms. The van der Waals surface area contributed by atoms with Crippen LogP contribution >= 0.6 is 23.4 Å². The van der Waals surface area contributed by atoms with E-state index < -0.39 is 0 Å². The summed E-state index contributed by atoms with van der Waals surface area (Å²) >= 11 is 7.35. The minimum absolute atomic E-state index is 0.0824. The number of rotatable bonds is 7. The lowest BCUT2D eigenvalue weighted by Crippen LogP contribution is -2.32. The number of thioether (sulfide) groups is 1. The van der Waals surface area contributed by atoms with Crippen LogP contribution in [0.15, 0.2) is 82.7 Å². The number of para-hydroxylation sites is 1. The Morgan fingerprint density at radius 3 is 2.54 bits per heavy atom. The molecular formula is C28H24ClN3O2S. The van der Waals surface area contributed by atoms with Crippen LogP contribution in [0.4, 0.5) is 5.69 Å². The first kappa shape index (κ1) is 24.6. The summed E-state index contributed by atoms with van der Waals surface area (Å²) < 4.78 is 6.06. The quantitative estimate of drug-likeness (QED) is 0.325. The number of amidine groups is 1. The van der Waals surface area contributed by atoms with Crippen molar-refractivity contribution in [3.63, 3.8) is 0 Å². The van der Waals surface area contributed by atoms with Gasteiger partial charge >= 0.3 is 0 Å². The fourth-order valence-corrected chi connectivity index (χ4v) is 4.65. The summed E-state index contributed by atoms with van der Waals surface area (Å²) in [6.07, 6.45) is 1.84. The van der Waals surface area contributed by atoms with Crippen molar-refractivity contribution in [1.29, 1.82) is 5.26 Å². The second-order valence-corrected chi connectivity index (χ2v) is 9.83. The third-order valence-corrected chi connectivity index (χ3v) is 6.47. The van der Waals surface area contributed by atoms with Crippen molar-refractivity contribution < 1.29 is 9.53 Å². The Morgan fingerprint density at radius 2 is 1.80 bits per heavy atom. The molecule has 4 rings (SSSR count). The SMILES string of the molecule is CC(C)CN1C(=O)/C(=C/c2ccccc2OCc2ccccc2C#N)SC1=Nc1ccc(Cl)cc1. The molecule has 0 radical (unpaired) electrons. The van der Waals surface area contributed by atoms with E-state index in [0.29, 0.717) is 33.0 Å². The standard InChI is InChI=1S/C28H24ClN3O2S/c1-19(2)17-32-27(33)26(35-28(32)31-24-13-11-23(29)12-14-24)15-20-7-5-6-10-25(20)34-18-22-9-4-3-8-21(22)16-30/h3-15,19H,17-18H2,1-2H3/b26-15-,31-28?. The molecule has 1 heterocycles. The van der Waals surface area contributed by atoms with E-state index in [9.17, 15) is 10.1 Å². The molecule has 3 aromatic rings. The van der Waals surface area contributed by atoms with Gasteiger partial charge in [0.15, 0.2) is 5.17 Å². The normalized spacial score (nSPS) is 15.7. The first-order valence-corrected chi connectivity index (χ1v) is 12.4. The largest absolute Gasteiger partial charge is 0.488 e. The highest BCUT2D eigenvalue weighted by atomic mass is 35.5. The number of benzene rings is 3. The zero-order valence-electron chi connectivity index (χ0n) is 19.4. The van der Waals surface area contributed by atoms with Gasteiger partial charge in [-0.05, 0) is 60.2 Å². The molecule has 1 amide bonds. The maximum absolute atomic E-state index is 13.3. The molecule has 35 heavy (non-hydrogen) atoms. The molecule has 0 N–H and O–H groups in total. The van der Waals surface area contributed by atoms with Gasteiger partial charge in [0.05, 0.1) is 22.2 Å². The second-order valence-electron chi connectivity index (χ2n) is 8.39. The number of nitriles is 1. The third-order valence-electron chi connectivity index (χ3n) is 5.21. The predicted octanol–water partition coefficient (Wildman–Crippen LogP) is 7.05. The van der Waals surface area contributed by atoms with Crippen molar-refractivity contribution >= 4 is 46.2 Å². The minimum Gasteiger partial charge on any atom is -0.488 e. The fraction of sp³-hybridized carbons (Fsp3) is 0.179. The van der Waals surface area contributed by atoms with Gasteiger partial charge in [0, 0.05) is 22.7 Å². The van der Waals surface area contributed by atoms with Gasteiger partial charge in [-0.1, -0.05) is 61.8 Å². The van der Waals surface area contributed by atoms with E-state index in [1.54, 1.807) is 23.1 Å². The van der Waals surface area contributed by atoms with E-state index >= 15 is 0 Å². The van der Waals surface area contributed by atoms with Crippen molar-refractivity contribution in [2.24, 2.45) is 10.9 Å². The maximum atomic E-state index is 13.3. The topological polar surface area (TPSA) is 65.7 Å². The van der Waals surface area contributed by atoms with Gasteiger partial charge in [0.25, 0.3) is 5.91 Å². The summed E-state index contributed by atoms with van der Waals surface area (Å²) in [6, 6.07) is 24.3. The van der Waals surface area contributed by atoms with Crippen molar-refractivity contribution in [3.05, 3.63) is 99.4 Å². The second kappa shape index (κ2) is 11.3. The molecule has 0 atom stereocenters. The van der Waals surface area contributed by atoms with Gasteiger partial charge in [0.1, 0.15) is 12.4 Å². The average Bonchev–Trinajstić information content (AvgIpc) is 3.13. The summed E-state index contributed by atoms with van der Waals surface area (Å²) in [4.78, 5) is 20.3. The Labute approximate surface area is 214 Å². The molecule has 0 aliphatic carbocycles. The van der Waals surface area contributed by atoms with Crippen molar-refractivity contribution in [2.45, 2.75) is 20.5 Å². The number of ether oxygens (including phenoxy) is 1. The predicted molar refractivity (Wildman–Crippen MR) is 143 cm³/mol. The van der Waals surface area contributed by atoms with E-state index in [0.717, 1.165) is 16.8 Å². The zero-order chi connectivity index (χ0) is 24.8. The summed E-state index contributed by atoms with van der Waals surface area (Å²) in [6.45, 7) is 4.97. The van der Waals surface area contributed by atoms with Gasteiger partial charge in [0.2, 0.25) is 0 Å². The number of hydrogen-bond acceptors (Lipinski definition) is 5. The number of aliphatic imine (C=N–C) groups is 1. The highest BCUT2D eigenvalue weighted by Gasteiger charge is 2.34. The fourth-order valence-electron chi connectivity index (χ4n) is 3.53. The lowest BCUT2D eigenvalue weighted by Gasteiger charge is -2.17. The van der Waals surface area contributed by atoms with Crippen LogP contribution in [0.25, 0.3) is 6.08 Å². The molecule has 0 unspecified atom stereocenters. The summed E-state index contributed by atoms with van der Waals surface area (Å²) in [7, 11) is 0. The lowest BCUT2D eigenvalue weighted by molar-refractivity contribution is -0.122. The van der Waals surface area contributed by atoms with Crippen LogP contribution in [-0.4, -0.2) is 22.5 Å². The average molecular weight is 502 g/mol. The van der Waals surface area contributed by atoms with Crippen LogP contribution in [0.3, 0.4) is 0 Å². The molecule has 3 aromatic carbocycles. The number of amides is 1. The molecule has 1 aliphatic heterocycles. The van der Waals surface area contributed by atoms with Crippen LogP contribution in [0, 0.1) is 17.2 Å². The molecular weight excluding hydrogens is 478 g/mol. The third kappa shape index (κ3) is 6.13. The van der Waals surface area contributed by atoms with Crippen LogP contribution in [0.5, 0.6) is 5.75 Å². The Bertz CT molecular complexity index is 1330. The Kier molecular flexibility index (Phi) is 7.91. The van der Waals surface area contributed by atoms with E-state index in [1.165, 1.54) is 11.8 Å². The molecule has 0 aromatic heterocycles. The van der Waals surface area contributed by atoms with Gasteiger partial charge in [-0.3, -0.25) is 9.69 Å². The molecule has 1 saturated heterocycles. The monoisotopic (exact) mass is 501 g/mol. The molecule has 1 fully saturated rings. The molecule has 0 spiro atoms. The number of carbonyl (C=O) groups excluding carboxylic acids is 1. The highest BCUT2D eigenvalue weighted by molar-refractivity contribution is 8.18. The van der Waals surface area contributed by atoms with Crippen molar-refractivity contribution in [3.8, 4) is 11.8 Å². The number of halogens is 1. The van der Waals surface area contributed by atoms with Crippen LogP contribution < -0.4 is 4.74 Å².